The zero-order valence-electron chi connectivity index (χ0n) is 12.3. The molecule has 0 fully saturated rings. The average Bonchev–Trinajstić information content (AvgIpc) is 2.58. The van der Waals surface area contributed by atoms with E-state index in [2.05, 4.69) is 0 Å². The van der Waals surface area contributed by atoms with Crippen LogP contribution in [0.25, 0.3) is 0 Å². The fourth-order valence-corrected chi connectivity index (χ4v) is 4.74. The van der Waals surface area contributed by atoms with Crippen molar-refractivity contribution in [2.24, 2.45) is 0 Å². The van der Waals surface area contributed by atoms with Crippen molar-refractivity contribution in [3.05, 3.63) is 84.4 Å². The summed E-state index contributed by atoms with van der Waals surface area (Å²) in [5, 5.41) is 22.4. The number of phenols is 1. The van der Waals surface area contributed by atoms with E-state index in [1.165, 1.54) is 6.07 Å². The maximum Gasteiger partial charge on any atom is 0.335 e. The van der Waals surface area contributed by atoms with Crippen molar-refractivity contribution in [3.8, 4) is 5.75 Å². The van der Waals surface area contributed by atoms with Gasteiger partial charge >= 0.3 is 5.97 Å². The number of hydrogen-bond donors (Lipinski definition) is 2. The molecule has 0 atom stereocenters. The highest BCUT2D eigenvalue weighted by Crippen LogP contribution is 2.36. The molecule has 0 bridgehead atoms. The van der Waals surface area contributed by atoms with Crippen molar-refractivity contribution in [1.82, 2.24) is 0 Å². The second-order valence-electron chi connectivity index (χ2n) is 5.02. The third-order valence-electron chi connectivity index (χ3n) is 3.49. The fraction of sp³-hybridized carbons (Fsp3) is 0. The number of carboxylic acids is 1. The zero-order chi connectivity index (χ0) is 16.2. The first kappa shape index (κ1) is 15.3. The van der Waals surface area contributed by atoms with Gasteiger partial charge in [0.1, 0.15) is 5.75 Å². The summed E-state index contributed by atoms with van der Waals surface area (Å²) in [5.41, 5.74) is 0.0855. The van der Waals surface area contributed by atoms with E-state index in [1.54, 1.807) is 12.1 Å². The minimum Gasteiger partial charge on any atom is -0.507 e. The molecule has 0 aromatic heterocycles. The summed E-state index contributed by atoms with van der Waals surface area (Å²) < 4.78 is 0. The molecule has 0 saturated heterocycles. The van der Waals surface area contributed by atoms with Crippen molar-refractivity contribution in [3.63, 3.8) is 0 Å². The highest BCUT2D eigenvalue weighted by Gasteiger charge is 2.20. The third kappa shape index (κ3) is 3.25. The molecule has 4 heteroatoms. The van der Waals surface area contributed by atoms with E-state index in [4.69, 9.17) is 5.11 Å². The number of carbonyl (C=O) groups is 1. The molecule has 3 aromatic rings. The van der Waals surface area contributed by atoms with Crippen molar-refractivity contribution in [2.75, 3.05) is 0 Å². The Kier molecular flexibility index (Phi) is 4.40. The van der Waals surface area contributed by atoms with Crippen LogP contribution in [0.5, 0.6) is 5.75 Å². The standard InChI is InChI=1S/C19H15O3P/c20-17-13-14(19(21)22)11-12-18(17)23(15-7-3-1-4-8-15)16-9-5-2-6-10-16/h1-13,20H,(H,21,22). The fourth-order valence-electron chi connectivity index (χ4n) is 2.43. The van der Waals surface area contributed by atoms with Gasteiger partial charge in [0, 0.05) is 5.30 Å². The van der Waals surface area contributed by atoms with E-state index < -0.39 is 13.9 Å². The lowest BCUT2D eigenvalue weighted by Gasteiger charge is -2.20. The number of hydrogen-bond acceptors (Lipinski definition) is 2. The molecule has 0 unspecified atom stereocenters. The predicted molar refractivity (Wildman–Crippen MR) is 93.8 cm³/mol. The molecule has 3 rings (SSSR count). The molecule has 2 N–H and O–H groups in total. The molecule has 114 valence electrons. The van der Waals surface area contributed by atoms with Crippen LogP contribution in [0, 0.1) is 0 Å². The summed E-state index contributed by atoms with van der Waals surface area (Å²) in [7, 11) is -0.941. The molecular formula is C19H15O3P. The van der Waals surface area contributed by atoms with E-state index in [0.717, 1.165) is 15.9 Å². The van der Waals surface area contributed by atoms with Crippen molar-refractivity contribution in [2.45, 2.75) is 0 Å². The smallest absolute Gasteiger partial charge is 0.335 e. The normalized spacial score (nSPS) is 10.7. The van der Waals surface area contributed by atoms with E-state index in [9.17, 15) is 9.90 Å². The molecule has 0 amide bonds. The number of benzene rings is 3. The number of carboxylic acid groups (broad SMARTS) is 1. The quantitative estimate of drug-likeness (QED) is 0.726. The van der Waals surface area contributed by atoms with Gasteiger partial charge in [-0.25, -0.2) is 4.79 Å². The molecule has 3 aromatic carbocycles. The van der Waals surface area contributed by atoms with Gasteiger partial charge in [0.25, 0.3) is 0 Å². The first-order chi connectivity index (χ1) is 11.2. The van der Waals surface area contributed by atoms with Crippen LogP contribution in [0.3, 0.4) is 0 Å². The van der Waals surface area contributed by atoms with Crippen molar-refractivity contribution >= 4 is 29.8 Å². The highest BCUT2D eigenvalue weighted by atomic mass is 31.1. The summed E-state index contributed by atoms with van der Waals surface area (Å²) in [6.07, 6.45) is 0. The van der Waals surface area contributed by atoms with Crippen LogP contribution in [-0.2, 0) is 0 Å². The molecule has 0 spiro atoms. The van der Waals surface area contributed by atoms with Crippen LogP contribution in [0.2, 0.25) is 0 Å². The number of aromatic hydroxyl groups is 1. The monoisotopic (exact) mass is 322 g/mol. The Morgan fingerprint density at radius 2 is 1.30 bits per heavy atom. The summed E-state index contributed by atoms with van der Waals surface area (Å²) in [6, 6.07) is 24.5. The highest BCUT2D eigenvalue weighted by molar-refractivity contribution is 7.80. The van der Waals surface area contributed by atoms with Crippen LogP contribution >= 0.6 is 7.92 Å². The Bertz CT molecular complexity index is 777. The van der Waals surface area contributed by atoms with Crippen molar-refractivity contribution < 1.29 is 15.0 Å². The molecule has 0 heterocycles. The van der Waals surface area contributed by atoms with Crippen LogP contribution < -0.4 is 15.9 Å². The Labute approximate surface area is 135 Å². The molecule has 23 heavy (non-hydrogen) atoms. The van der Waals surface area contributed by atoms with Gasteiger partial charge in [-0.15, -0.1) is 0 Å². The van der Waals surface area contributed by atoms with Gasteiger partial charge in [-0.3, -0.25) is 0 Å². The Morgan fingerprint density at radius 3 is 1.74 bits per heavy atom. The summed E-state index contributed by atoms with van der Waals surface area (Å²) in [6.45, 7) is 0. The second-order valence-corrected chi connectivity index (χ2v) is 7.20. The number of rotatable bonds is 4. The second kappa shape index (κ2) is 6.64. The lowest BCUT2D eigenvalue weighted by Crippen LogP contribution is -2.21. The van der Waals surface area contributed by atoms with Crippen LogP contribution in [-0.4, -0.2) is 16.2 Å². The van der Waals surface area contributed by atoms with E-state index in [1.807, 2.05) is 60.7 Å². The van der Waals surface area contributed by atoms with Gasteiger partial charge in [0.15, 0.2) is 0 Å². The van der Waals surface area contributed by atoms with Crippen LogP contribution in [0.15, 0.2) is 78.9 Å². The molecule has 3 nitrogen and oxygen atoms in total. The third-order valence-corrected chi connectivity index (χ3v) is 5.98. The molecule has 0 aliphatic heterocycles. The summed E-state index contributed by atoms with van der Waals surface area (Å²) in [4.78, 5) is 11.1. The Hall–Kier alpha value is -2.64. The predicted octanol–water partition coefficient (Wildman–Crippen LogP) is 2.85. The number of aromatic carboxylic acids is 1. The van der Waals surface area contributed by atoms with E-state index in [-0.39, 0.29) is 11.3 Å². The van der Waals surface area contributed by atoms with Crippen LogP contribution in [0.1, 0.15) is 10.4 Å². The molecular weight excluding hydrogens is 307 g/mol. The largest absolute Gasteiger partial charge is 0.507 e. The van der Waals surface area contributed by atoms with Gasteiger partial charge in [0.2, 0.25) is 0 Å². The van der Waals surface area contributed by atoms with Gasteiger partial charge < -0.3 is 10.2 Å². The minimum absolute atomic E-state index is 0.0173. The topological polar surface area (TPSA) is 57.5 Å². The summed E-state index contributed by atoms with van der Waals surface area (Å²) >= 11 is 0. The molecule has 0 aliphatic carbocycles. The number of phenolic OH excluding ortho intramolecular Hbond substituents is 1. The van der Waals surface area contributed by atoms with Gasteiger partial charge in [-0.2, -0.15) is 0 Å². The lowest BCUT2D eigenvalue weighted by molar-refractivity contribution is 0.0696. The molecule has 0 aliphatic rings. The lowest BCUT2D eigenvalue weighted by atomic mass is 10.2. The minimum atomic E-state index is -1.05. The van der Waals surface area contributed by atoms with Crippen LogP contribution in [0.4, 0.5) is 0 Å². The average molecular weight is 322 g/mol. The Balaban J connectivity index is 2.15. The van der Waals surface area contributed by atoms with E-state index in [0.29, 0.717) is 0 Å². The zero-order valence-corrected chi connectivity index (χ0v) is 13.1. The first-order valence-electron chi connectivity index (χ1n) is 7.13. The van der Waals surface area contributed by atoms with Gasteiger partial charge in [-0.1, -0.05) is 60.7 Å². The molecule has 0 saturated carbocycles. The van der Waals surface area contributed by atoms with Crippen molar-refractivity contribution in [1.29, 1.82) is 0 Å². The van der Waals surface area contributed by atoms with E-state index >= 15 is 0 Å². The first-order valence-corrected chi connectivity index (χ1v) is 8.47. The SMILES string of the molecule is O=C(O)c1ccc(P(c2ccccc2)c2ccccc2)c(O)c1. The summed E-state index contributed by atoms with van der Waals surface area (Å²) in [5.74, 6) is -1.03. The molecule has 0 radical (unpaired) electrons. The Morgan fingerprint density at radius 1 is 0.783 bits per heavy atom. The maximum absolute atomic E-state index is 11.1. The van der Waals surface area contributed by atoms with Gasteiger partial charge in [0.05, 0.1) is 5.56 Å². The van der Waals surface area contributed by atoms with Gasteiger partial charge in [-0.05, 0) is 36.7 Å². The maximum atomic E-state index is 11.1.